The number of benzene rings is 1. The summed E-state index contributed by atoms with van der Waals surface area (Å²) in [5.74, 6) is -0.521. The first-order chi connectivity index (χ1) is 15.3. The largest absolute Gasteiger partial charge is 0.448 e. The Hall–Kier alpha value is -4.54. The number of pyridine rings is 1. The number of fused-ring (bicyclic) bond motifs is 4. The molecule has 0 aliphatic heterocycles. The predicted octanol–water partition coefficient (Wildman–Crippen LogP) is 0.727. The van der Waals surface area contributed by atoms with Gasteiger partial charge in [0.1, 0.15) is 23.3 Å². The highest BCUT2D eigenvalue weighted by atomic mass is 16.3. The molecule has 0 fully saturated rings. The van der Waals surface area contributed by atoms with Crippen molar-refractivity contribution in [3.63, 3.8) is 0 Å². The van der Waals surface area contributed by atoms with E-state index in [0.717, 1.165) is 14.5 Å². The van der Waals surface area contributed by atoms with Gasteiger partial charge in [-0.3, -0.25) is 28.1 Å². The van der Waals surface area contributed by atoms with Crippen LogP contribution >= 0.6 is 0 Å². The van der Waals surface area contributed by atoms with Crippen LogP contribution < -0.4 is 22.1 Å². The summed E-state index contributed by atoms with van der Waals surface area (Å²) >= 11 is 0. The second-order valence-electron chi connectivity index (χ2n) is 7.30. The minimum atomic E-state index is -0.526. The maximum Gasteiger partial charge on any atom is 0.332 e. The number of para-hydroxylation sites is 1. The summed E-state index contributed by atoms with van der Waals surface area (Å²) in [7, 11) is 2.87. The fourth-order valence-electron chi connectivity index (χ4n) is 3.62. The van der Waals surface area contributed by atoms with Gasteiger partial charge in [0.05, 0.1) is 23.6 Å². The summed E-state index contributed by atoms with van der Waals surface area (Å²) in [4.78, 5) is 58.2. The molecule has 1 aromatic carbocycles. The number of aromatic nitrogens is 5. The van der Waals surface area contributed by atoms with E-state index in [1.54, 1.807) is 18.2 Å². The van der Waals surface area contributed by atoms with E-state index in [1.807, 2.05) is 6.07 Å². The van der Waals surface area contributed by atoms with Crippen molar-refractivity contribution in [2.24, 2.45) is 14.1 Å². The van der Waals surface area contributed by atoms with Gasteiger partial charge in [0.25, 0.3) is 11.1 Å². The molecule has 0 atom stereocenters. The number of rotatable bonds is 3. The highest BCUT2D eigenvalue weighted by Crippen LogP contribution is 2.24. The van der Waals surface area contributed by atoms with Gasteiger partial charge in [-0.25, -0.2) is 14.8 Å². The van der Waals surface area contributed by atoms with Crippen LogP contribution in [-0.2, 0) is 25.4 Å². The lowest BCUT2D eigenvalue weighted by atomic mass is 10.2. The third kappa shape index (κ3) is 2.90. The van der Waals surface area contributed by atoms with Gasteiger partial charge in [-0.1, -0.05) is 12.1 Å². The lowest BCUT2D eigenvalue weighted by Gasteiger charge is -2.09. The van der Waals surface area contributed by atoms with Gasteiger partial charge in [-0.15, -0.1) is 0 Å². The average Bonchev–Trinajstić information content (AvgIpc) is 3.17. The number of nitrogens with zero attached hydrogens (tertiary/aromatic N) is 5. The number of hydrogen-bond donors (Lipinski definition) is 1. The fourth-order valence-corrected chi connectivity index (χ4v) is 3.62. The first-order valence-electron chi connectivity index (χ1n) is 9.57. The Kier molecular flexibility index (Phi) is 4.26. The Morgan fingerprint density at radius 1 is 1.03 bits per heavy atom. The van der Waals surface area contributed by atoms with E-state index in [2.05, 4.69) is 15.3 Å². The zero-order valence-corrected chi connectivity index (χ0v) is 17.0. The maximum atomic E-state index is 12.8. The molecule has 4 heterocycles. The summed E-state index contributed by atoms with van der Waals surface area (Å²) in [5.41, 5.74) is -0.0203. The van der Waals surface area contributed by atoms with E-state index in [1.165, 1.54) is 37.3 Å². The van der Waals surface area contributed by atoms with Crippen LogP contribution in [0.5, 0.6) is 0 Å². The third-order valence-corrected chi connectivity index (χ3v) is 5.24. The van der Waals surface area contributed by atoms with Gasteiger partial charge in [-0.2, -0.15) is 0 Å². The smallest absolute Gasteiger partial charge is 0.332 e. The number of furan rings is 1. The molecule has 0 saturated carbocycles. The van der Waals surface area contributed by atoms with Crippen LogP contribution in [-0.4, -0.2) is 29.6 Å². The highest BCUT2D eigenvalue weighted by molar-refractivity contribution is 6.01. The summed E-state index contributed by atoms with van der Waals surface area (Å²) in [6.07, 6.45) is 2.62. The van der Waals surface area contributed by atoms with Crippen molar-refractivity contribution < 1.29 is 9.21 Å². The molecule has 11 heteroatoms. The van der Waals surface area contributed by atoms with Crippen molar-refractivity contribution in [3.05, 3.63) is 74.0 Å². The number of carbonyl (C=O) groups excluding carboxylic acids is 1. The molecule has 0 bridgehead atoms. The molecule has 4 aromatic heterocycles. The van der Waals surface area contributed by atoms with E-state index in [-0.39, 0.29) is 28.8 Å². The van der Waals surface area contributed by atoms with Gasteiger partial charge in [-0.05, 0) is 18.2 Å². The normalized spacial score (nSPS) is 11.4. The van der Waals surface area contributed by atoms with Crippen LogP contribution in [0.3, 0.4) is 0 Å². The molecular formula is C21H16N6O5. The Morgan fingerprint density at radius 3 is 2.62 bits per heavy atom. The number of aryl methyl sites for hydroxylation is 1. The standard InChI is InChI=1S/C21H16N6O5/c1-25-18-13(19(29)26(2)21(25)31)7-11(8-22-18)24-15(28)9-27-10-23-16-12-5-3-4-6-14(12)32-17(16)20(27)30/h3-8,10H,9H2,1-2H3,(H,24,28). The molecule has 1 amide bonds. The second kappa shape index (κ2) is 7.01. The van der Waals surface area contributed by atoms with Gasteiger partial charge < -0.3 is 9.73 Å². The third-order valence-electron chi connectivity index (χ3n) is 5.24. The van der Waals surface area contributed by atoms with Gasteiger partial charge >= 0.3 is 5.69 Å². The molecule has 0 spiro atoms. The molecule has 1 N–H and O–H groups in total. The summed E-state index contributed by atoms with van der Waals surface area (Å²) in [6, 6.07) is 8.59. The molecule has 0 radical (unpaired) electrons. The molecular weight excluding hydrogens is 416 g/mol. The van der Waals surface area contributed by atoms with Crippen LogP contribution in [0.25, 0.3) is 33.1 Å². The molecule has 11 nitrogen and oxygen atoms in total. The minimum absolute atomic E-state index is 0.0679. The van der Waals surface area contributed by atoms with Crippen molar-refractivity contribution in [2.45, 2.75) is 6.54 Å². The maximum absolute atomic E-state index is 12.8. The summed E-state index contributed by atoms with van der Waals surface area (Å²) in [6.45, 7) is -0.317. The van der Waals surface area contributed by atoms with Crippen molar-refractivity contribution in [1.29, 1.82) is 0 Å². The average molecular weight is 432 g/mol. The minimum Gasteiger partial charge on any atom is -0.448 e. The SMILES string of the molecule is Cn1c(=O)c2cc(NC(=O)Cn3cnc4c(oc5ccccc54)c3=O)cnc2n(C)c1=O. The Morgan fingerprint density at radius 2 is 1.81 bits per heavy atom. The Bertz CT molecular complexity index is 1740. The van der Waals surface area contributed by atoms with E-state index < -0.39 is 22.7 Å². The number of hydrogen-bond acceptors (Lipinski definition) is 7. The fraction of sp³-hybridized carbons (Fsp3) is 0.143. The van der Waals surface area contributed by atoms with Crippen LogP contribution in [0, 0.1) is 0 Å². The lowest BCUT2D eigenvalue weighted by Crippen LogP contribution is -2.37. The van der Waals surface area contributed by atoms with Crippen molar-refractivity contribution in [1.82, 2.24) is 23.7 Å². The molecule has 5 aromatic rings. The summed E-state index contributed by atoms with van der Waals surface area (Å²) < 4.78 is 8.96. The van der Waals surface area contributed by atoms with Crippen molar-refractivity contribution >= 4 is 44.7 Å². The predicted molar refractivity (Wildman–Crippen MR) is 117 cm³/mol. The van der Waals surface area contributed by atoms with Crippen LogP contribution in [0.15, 0.2) is 61.7 Å². The monoisotopic (exact) mass is 432 g/mol. The first kappa shape index (κ1) is 19.4. The van der Waals surface area contributed by atoms with Crippen LogP contribution in [0.1, 0.15) is 0 Å². The molecule has 32 heavy (non-hydrogen) atoms. The molecule has 160 valence electrons. The zero-order chi connectivity index (χ0) is 22.6. The van der Waals surface area contributed by atoms with Gasteiger partial charge in [0.2, 0.25) is 11.5 Å². The molecule has 0 aliphatic carbocycles. The Labute approximate surface area is 178 Å². The number of anilines is 1. The van der Waals surface area contributed by atoms with E-state index >= 15 is 0 Å². The molecule has 0 saturated heterocycles. The molecule has 0 unspecified atom stereocenters. The van der Waals surface area contributed by atoms with E-state index in [9.17, 15) is 19.2 Å². The highest BCUT2D eigenvalue weighted by Gasteiger charge is 2.15. The topological polar surface area (TPSA) is 134 Å². The van der Waals surface area contributed by atoms with E-state index in [4.69, 9.17) is 4.42 Å². The lowest BCUT2D eigenvalue weighted by molar-refractivity contribution is -0.116. The quantitative estimate of drug-likeness (QED) is 0.444. The van der Waals surface area contributed by atoms with Gasteiger partial charge in [0.15, 0.2) is 0 Å². The van der Waals surface area contributed by atoms with Crippen molar-refractivity contribution in [2.75, 3.05) is 5.32 Å². The number of carbonyl (C=O) groups is 1. The van der Waals surface area contributed by atoms with E-state index in [0.29, 0.717) is 11.1 Å². The number of amides is 1. The van der Waals surface area contributed by atoms with Gasteiger partial charge in [0, 0.05) is 19.5 Å². The number of nitrogens with one attached hydrogen (secondary N) is 1. The first-order valence-corrected chi connectivity index (χ1v) is 9.57. The van der Waals surface area contributed by atoms with Crippen molar-refractivity contribution in [3.8, 4) is 0 Å². The van der Waals surface area contributed by atoms with Crippen LogP contribution in [0.2, 0.25) is 0 Å². The molecule has 5 rings (SSSR count). The van der Waals surface area contributed by atoms with Crippen LogP contribution in [0.4, 0.5) is 5.69 Å². The molecule has 0 aliphatic rings. The zero-order valence-electron chi connectivity index (χ0n) is 17.0. The summed E-state index contributed by atoms with van der Waals surface area (Å²) in [5, 5.41) is 3.50. The Balaban J connectivity index is 1.46. The second-order valence-corrected chi connectivity index (χ2v) is 7.30.